The average Bonchev–Trinajstić information content (AvgIpc) is 2.58. The average molecular weight is 206 g/mol. The van der Waals surface area contributed by atoms with Crippen LogP contribution >= 0.6 is 0 Å². The number of aromatic amines is 1. The molecule has 0 aromatic carbocycles. The van der Waals surface area contributed by atoms with E-state index in [1.165, 1.54) is 0 Å². The van der Waals surface area contributed by atoms with Crippen molar-refractivity contribution in [1.82, 2.24) is 19.5 Å². The Hall–Kier alpha value is -1.65. The Balaban J connectivity index is 2.68. The van der Waals surface area contributed by atoms with Gasteiger partial charge >= 0.3 is 5.69 Å². The maximum absolute atomic E-state index is 11.7. The van der Waals surface area contributed by atoms with Crippen LogP contribution in [0.2, 0.25) is 0 Å². The fourth-order valence-electron chi connectivity index (χ4n) is 1.85. The molecule has 0 amide bonds. The molecule has 0 spiro atoms. The van der Waals surface area contributed by atoms with Crippen LogP contribution in [0.15, 0.2) is 17.2 Å². The van der Waals surface area contributed by atoms with Crippen LogP contribution in [-0.4, -0.2) is 19.5 Å². The van der Waals surface area contributed by atoms with E-state index in [4.69, 9.17) is 0 Å². The quantitative estimate of drug-likeness (QED) is 0.827. The summed E-state index contributed by atoms with van der Waals surface area (Å²) in [7, 11) is 0. The van der Waals surface area contributed by atoms with Gasteiger partial charge in [0.05, 0.1) is 0 Å². The van der Waals surface area contributed by atoms with Crippen LogP contribution in [0, 0.1) is 0 Å². The van der Waals surface area contributed by atoms with Gasteiger partial charge in [-0.3, -0.25) is 9.55 Å². The van der Waals surface area contributed by atoms with Crippen molar-refractivity contribution in [3.63, 3.8) is 0 Å². The molecule has 0 saturated heterocycles. The summed E-state index contributed by atoms with van der Waals surface area (Å²) < 4.78 is 1.70. The summed E-state index contributed by atoms with van der Waals surface area (Å²) in [5.41, 5.74) is 1.09. The van der Waals surface area contributed by atoms with Crippen molar-refractivity contribution in [2.45, 2.75) is 32.7 Å². The number of hydrogen-bond acceptors (Lipinski definition) is 3. The molecule has 0 unspecified atom stereocenters. The van der Waals surface area contributed by atoms with E-state index in [-0.39, 0.29) is 11.7 Å². The van der Waals surface area contributed by atoms with E-state index in [9.17, 15) is 4.79 Å². The number of nitrogens with zero attached hydrogens (tertiary/aromatic N) is 3. The predicted molar refractivity (Wildman–Crippen MR) is 57.8 cm³/mol. The highest BCUT2D eigenvalue weighted by Crippen LogP contribution is 2.16. The number of H-pyrrole nitrogens is 1. The standard InChI is InChI=1S/C10H14N4O/c1-3-7(4-2)14-9-8(13-10(14)15)11-5-6-12-9/h5-7H,3-4H2,1-2H3,(H,11,13,15). The Morgan fingerprint density at radius 2 is 2.00 bits per heavy atom. The lowest BCUT2D eigenvalue weighted by Crippen LogP contribution is -2.21. The van der Waals surface area contributed by atoms with Crippen molar-refractivity contribution >= 4 is 11.3 Å². The van der Waals surface area contributed by atoms with Gasteiger partial charge in [0.2, 0.25) is 0 Å². The van der Waals surface area contributed by atoms with Gasteiger partial charge in [-0.05, 0) is 12.8 Å². The lowest BCUT2D eigenvalue weighted by molar-refractivity contribution is 0.469. The van der Waals surface area contributed by atoms with E-state index < -0.39 is 0 Å². The maximum atomic E-state index is 11.7. The molecule has 5 nitrogen and oxygen atoms in total. The zero-order chi connectivity index (χ0) is 10.8. The van der Waals surface area contributed by atoms with Crippen LogP contribution in [0.4, 0.5) is 0 Å². The molecule has 2 aromatic rings. The summed E-state index contributed by atoms with van der Waals surface area (Å²) in [6.45, 7) is 4.13. The van der Waals surface area contributed by atoms with Crippen LogP contribution in [0.3, 0.4) is 0 Å². The molecule has 5 heteroatoms. The molecule has 15 heavy (non-hydrogen) atoms. The van der Waals surface area contributed by atoms with Gasteiger partial charge in [-0.15, -0.1) is 0 Å². The number of aromatic nitrogens is 4. The molecule has 0 aliphatic carbocycles. The number of imidazole rings is 1. The van der Waals surface area contributed by atoms with E-state index in [1.807, 2.05) is 0 Å². The minimum absolute atomic E-state index is 0.120. The fourth-order valence-corrected chi connectivity index (χ4v) is 1.85. The van der Waals surface area contributed by atoms with Gasteiger partial charge in [0, 0.05) is 18.4 Å². The number of fused-ring (bicyclic) bond motifs is 1. The highest BCUT2D eigenvalue weighted by molar-refractivity contribution is 5.64. The van der Waals surface area contributed by atoms with Gasteiger partial charge in [-0.1, -0.05) is 13.8 Å². The van der Waals surface area contributed by atoms with Crippen molar-refractivity contribution in [3.05, 3.63) is 22.9 Å². The molecule has 0 aliphatic rings. The van der Waals surface area contributed by atoms with Crippen LogP contribution < -0.4 is 5.69 Å². The number of rotatable bonds is 3. The Morgan fingerprint density at radius 3 is 2.67 bits per heavy atom. The third-order valence-electron chi connectivity index (χ3n) is 2.66. The molecule has 2 aromatic heterocycles. The lowest BCUT2D eigenvalue weighted by Gasteiger charge is -2.12. The lowest BCUT2D eigenvalue weighted by atomic mass is 10.2. The molecule has 0 atom stereocenters. The fraction of sp³-hybridized carbons (Fsp3) is 0.500. The summed E-state index contributed by atoms with van der Waals surface area (Å²) in [5, 5.41) is 0. The highest BCUT2D eigenvalue weighted by atomic mass is 16.1. The Labute approximate surface area is 87.2 Å². The smallest absolute Gasteiger partial charge is 0.289 e. The Morgan fingerprint density at radius 1 is 1.33 bits per heavy atom. The zero-order valence-electron chi connectivity index (χ0n) is 8.90. The van der Waals surface area contributed by atoms with Gasteiger partial charge in [-0.2, -0.15) is 0 Å². The van der Waals surface area contributed by atoms with Crippen LogP contribution in [0.25, 0.3) is 11.3 Å². The Kier molecular flexibility index (Phi) is 2.53. The minimum Gasteiger partial charge on any atom is -0.289 e. The zero-order valence-corrected chi connectivity index (χ0v) is 8.90. The van der Waals surface area contributed by atoms with Crippen LogP contribution in [0.5, 0.6) is 0 Å². The Bertz CT molecular complexity index is 509. The van der Waals surface area contributed by atoms with Gasteiger partial charge in [0.1, 0.15) is 0 Å². The highest BCUT2D eigenvalue weighted by Gasteiger charge is 2.14. The molecule has 2 rings (SSSR count). The molecule has 0 aliphatic heterocycles. The second kappa shape index (κ2) is 3.84. The number of hydrogen-bond donors (Lipinski definition) is 1. The van der Waals surface area contributed by atoms with E-state index in [0.717, 1.165) is 12.8 Å². The molecule has 2 heterocycles. The SMILES string of the molecule is CCC(CC)n1c(=O)[nH]c2nccnc21. The van der Waals surface area contributed by atoms with Crippen molar-refractivity contribution in [2.75, 3.05) is 0 Å². The predicted octanol–water partition coefficient (Wildman–Crippen LogP) is 1.48. The first-order chi connectivity index (χ1) is 7.27. The maximum Gasteiger partial charge on any atom is 0.329 e. The molecule has 0 fully saturated rings. The largest absolute Gasteiger partial charge is 0.329 e. The molecule has 1 N–H and O–H groups in total. The summed E-state index contributed by atoms with van der Waals surface area (Å²) >= 11 is 0. The number of nitrogens with one attached hydrogen (secondary N) is 1. The van der Waals surface area contributed by atoms with Crippen molar-refractivity contribution in [2.24, 2.45) is 0 Å². The van der Waals surface area contributed by atoms with Gasteiger partial charge in [0.25, 0.3) is 0 Å². The van der Waals surface area contributed by atoms with Crippen molar-refractivity contribution < 1.29 is 0 Å². The van der Waals surface area contributed by atoms with Gasteiger partial charge in [0.15, 0.2) is 11.3 Å². The van der Waals surface area contributed by atoms with Gasteiger partial charge < -0.3 is 0 Å². The summed E-state index contributed by atoms with van der Waals surface area (Å²) in [6, 6.07) is 0.197. The third-order valence-corrected chi connectivity index (χ3v) is 2.66. The minimum atomic E-state index is -0.120. The van der Waals surface area contributed by atoms with Crippen LogP contribution in [-0.2, 0) is 0 Å². The molecular weight excluding hydrogens is 192 g/mol. The monoisotopic (exact) mass is 206 g/mol. The molecule has 0 bridgehead atoms. The van der Waals surface area contributed by atoms with Crippen LogP contribution in [0.1, 0.15) is 32.7 Å². The first-order valence-electron chi connectivity index (χ1n) is 5.19. The summed E-state index contributed by atoms with van der Waals surface area (Å²) in [6.07, 6.45) is 5.02. The topological polar surface area (TPSA) is 63.6 Å². The van der Waals surface area contributed by atoms with E-state index >= 15 is 0 Å². The second-order valence-electron chi connectivity index (χ2n) is 3.50. The van der Waals surface area contributed by atoms with E-state index in [2.05, 4.69) is 28.8 Å². The molecular formula is C10H14N4O. The van der Waals surface area contributed by atoms with Gasteiger partial charge in [-0.25, -0.2) is 14.8 Å². The van der Waals surface area contributed by atoms with Crippen molar-refractivity contribution in [3.8, 4) is 0 Å². The third kappa shape index (κ3) is 1.54. The second-order valence-corrected chi connectivity index (χ2v) is 3.50. The molecule has 0 saturated carbocycles. The van der Waals surface area contributed by atoms with Crippen molar-refractivity contribution in [1.29, 1.82) is 0 Å². The molecule has 0 radical (unpaired) electrons. The summed E-state index contributed by atoms with van der Waals surface area (Å²) in [4.78, 5) is 22.7. The molecule has 80 valence electrons. The van der Waals surface area contributed by atoms with E-state index in [0.29, 0.717) is 11.3 Å². The van der Waals surface area contributed by atoms with E-state index in [1.54, 1.807) is 17.0 Å². The normalized spacial score (nSPS) is 11.4. The summed E-state index contributed by atoms with van der Waals surface area (Å²) in [5.74, 6) is 0. The first-order valence-corrected chi connectivity index (χ1v) is 5.19. The first kappa shape index (κ1) is 9.89.